The van der Waals surface area contributed by atoms with E-state index in [9.17, 15) is 4.79 Å². The predicted molar refractivity (Wildman–Crippen MR) is 78.2 cm³/mol. The summed E-state index contributed by atoms with van der Waals surface area (Å²) < 4.78 is 1.11. The zero-order valence-electron chi connectivity index (χ0n) is 12.1. The van der Waals surface area contributed by atoms with Crippen molar-refractivity contribution in [1.82, 2.24) is 5.32 Å². The van der Waals surface area contributed by atoms with E-state index in [-0.39, 0.29) is 5.91 Å². The van der Waals surface area contributed by atoms with E-state index in [1.807, 2.05) is 24.3 Å². The first-order valence-corrected chi connectivity index (χ1v) is 7.34. The van der Waals surface area contributed by atoms with Crippen LogP contribution in [0, 0.1) is 0 Å². The van der Waals surface area contributed by atoms with E-state index < -0.39 is 0 Å². The van der Waals surface area contributed by atoms with Crippen molar-refractivity contribution in [3.05, 3.63) is 35.4 Å². The van der Waals surface area contributed by atoms with Crippen molar-refractivity contribution in [1.29, 1.82) is 0 Å². The highest BCUT2D eigenvalue weighted by atomic mass is 16.1. The van der Waals surface area contributed by atoms with Crippen LogP contribution < -0.4 is 5.32 Å². The Morgan fingerprint density at radius 3 is 2.42 bits per heavy atom. The fourth-order valence-electron chi connectivity index (χ4n) is 2.76. The van der Waals surface area contributed by atoms with Gasteiger partial charge in [0.1, 0.15) is 0 Å². The summed E-state index contributed by atoms with van der Waals surface area (Å²) in [7, 11) is 2.29. The number of carbonyl (C=O) groups is 1. The normalized spacial score (nSPS) is 17.4. The molecule has 1 heterocycles. The average Bonchev–Trinajstić information content (AvgIpc) is 2.86. The molecule has 1 aromatic carbocycles. The quantitative estimate of drug-likeness (QED) is 0.809. The lowest BCUT2D eigenvalue weighted by molar-refractivity contribution is -0.896. The van der Waals surface area contributed by atoms with Crippen molar-refractivity contribution in [2.75, 3.05) is 33.2 Å². The number of likely N-dealkylation sites (N-methyl/N-ethyl adjacent to an activating group) is 1. The molecule has 3 heteroatoms. The van der Waals surface area contributed by atoms with E-state index in [0.717, 1.165) is 29.6 Å². The molecule has 19 heavy (non-hydrogen) atoms. The number of carbonyl (C=O) groups excluding carboxylic acids is 1. The van der Waals surface area contributed by atoms with Crippen molar-refractivity contribution < 1.29 is 9.28 Å². The third-order valence-corrected chi connectivity index (χ3v) is 4.21. The minimum Gasteiger partial charge on any atom is -0.346 e. The Morgan fingerprint density at radius 2 is 1.84 bits per heavy atom. The topological polar surface area (TPSA) is 29.1 Å². The Bertz CT molecular complexity index is 419. The van der Waals surface area contributed by atoms with Crippen LogP contribution in [0.2, 0.25) is 0 Å². The molecule has 0 atom stereocenters. The molecule has 0 spiro atoms. The lowest BCUT2D eigenvalue weighted by atomic mass is 10.1. The molecule has 1 aliphatic rings. The second-order valence-electron chi connectivity index (χ2n) is 5.80. The number of quaternary nitrogens is 1. The Morgan fingerprint density at radius 1 is 1.21 bits per heavy atom. The van der Waals surface area contributed by atoms with Crippen molar-refractivity contribution in [2.45, 2.75) is 26.2 Å². The standard InChI is InChI=1S/C16H24N2O/c1-3-14-6-8-15(9-7-14)16(19)17-10-13-18(2)11-4-5-12-18/h6-9H,3-5,10-13H2,1-2H3/p+1. The van der Waals surface area contributed by atoms with Crippen LogP contribution in [0.1, 0.15) is 35.7 Å². The molecule has 1 saturated heterocycles. The maximum Gasteiger partial charge on any atom is 0.251 e. The van der Waals surface area contributed by atoms with Crippen LogP contribution >= 0.6 is 0 Å². The highest BCUT2D eigenvalue weighted by Gasteiger charge is 2.26. The molecule has 1 amide bonds. The van der Waals surface area contributed by atoms with Gasteiger partial charge >= 0.3 is 0 Å². The monoisotopic (exact) mass is 261 g/mol. The Hall–Kier alpha value is -1.35. The molecule has 0 bridgehead atoms. The summed E-state index contributed by atoms with van der Waals surface area (Å²) in [5.74, 6) is 0.0495. The first-order valence-electron chi connectivity index (χ1n) is 7.34. The first kappa shape index (κ1) is 14.1. The predicted octanol–water partition coefficient (Wildman–Crippen LogP) is 2.22. The molecule has 104 valence electrons. The number of aryl methyl sites for hydroxylation is 1. The Balaban J connectivity index is 1.80. The fourth-order valence-corrected chi connectivity index (χ4v) is 2.76. The molecule has 0 radical (unpaired) electrons. The van der Waals surface area contributed by atoms with Gasteiger partial charge in [-0.3, -0.25) is 4.79 Å². The molecule has 1 aliphatic heterocycles. The minimum atomic E-state index is 0.0495. The maximum absolute atomic E-state index is 12.0. The second-order valence-corrected chi connectivity index (χ2v) is 5.80. The van der Waals surface area contributed by atoms with E-state index >= 15 is 0 Å². The minimum absolute atomic E-state index is 0.0495. The van der Waals surface area contributed by atoms with Gasteiger partial charge in [0.05, 0.1) is 33.2 Å². The van der Waals surface area contributed by atoms with Gasteiger partial charge in [0, 0.05) is 18.4 Å². The van der Waals surface area contributed by atoms with Gasteiger partial charge in [-0.25, -0.2) is 0 Å². The van der Waals surface area contributed by atoms with Crippen LogP contribution in [-0.2, 0) is 6.42 Å². The third-order valence-electron chi connectivity index (χ3n) is 4.21. The molecule has 1 N–H and O–H groups in total. The van der Waals surface area contributed by atoms with Gasteiger partial charge in [0.15, 0.2) is 0 Å². The van der Waals surface area contributed by atoms with Gasteiger partial charge in [-0.1, -0.05) is 19.1 Å². The lowest BCUT2D eigenvalue weighted by Gasteiger charge is -2.29. The summed E-state index contributed by atoms with van der Waals surface area (Å²) in [5.41, 5.74) is 2.04. The van der Waals surface area contributed by atoms with Crippen LogP contribution in [0.4, 0.5) is 0 Å². The van der Waals surface area contributed by atoms with Crippen LogP contribution in [0.3, 0.4) is 0 Å². The van der Waals surface area contributed by atoms with Crippen LogP contribution in [0.25, 0.3) is 0 Å². The molecule has 2 rings (SSSR count). The summed E-state index contributed by atoms with van der Waals surface area (Å²) >= 11 is 0. The van der Waals surface area contributed by atoms with Crippen LogP contribution in [0.15, 0.2) is 24.3 Å². The number of hydrogen-bond donors (Lipinski definition) is 1. The third kappa shape index (κ3) is 3.80. The summed E-state index contributed by atoms with van der Waals surface area (Å²) in [5, 5.41) is 3.03. The zero-order valence-corrected chi connectivity index (χ0v) is 12.1. The Labute approximate surface area is 116 Å². The molecule has 0 aromatic heterocycles. The van der Waals surface area contributed by atoms with Gasteiger partial charge in [-0.05, 0) is 24.1 Å². The largest absolute Gasteiger partial charge is 0.346 e. The summed E-state index contributed by atoms with van der Waals surface area (Å²) in [6.45, 7) is 6.43. The highest BCUT2D eigenvalue weighted by molar-refractivity contribution is 5.94. The second kappa shape index (κ2) is 6.20. The molecular weight excluding hydrogens is 236 g/mol. The SMILES string of the molecule is CCc1ccc(C(=O)NCC[N+]2(C)CCCC2)cc1. The molecule has 0 saturated carbocycles. The molecule has 0 aliphatic carbocycles. The van der Waals surface area contributed by atoms with E-state index in [0.29, 0.717) is 0 Å². The molecular formula is C16H25N2O+. The zero-order chi connectivity index (χ0) is 13.7. The number of rotatable bonds is 5. The highest BCUT2D eigenvalue weighted by Crippen LogP contribution is 2.15. The number of nitrogens with zero attached hydrogens (tertiary/aromatic N) is 1. The van der Waals surface area contributed by atoms with Crippen molar-refractivity contribution in [3.63, 3.8) is 0 Å². The van der Waals surface area contributed by atoms with E-state index in [4.69, 9.17) is 0 Å². The van der Waals surface area contributed by atoms with Gasteiger partial charge in [-0.2, -0.15) is 0 Å². The molecule has 1 fully saturated rings. The van der Waals surface area contributed by atoms with Crippen molar-refractivity contribution in [3.8, 4) is 0 Å². The van der Waals surface area contributed by atoms with Crippen molar-refractivity contribution >= 4 is 5.91 Å². The molecule has 0 unspecified atom stereocenters. The first-order chi connectivity index (χ1) is 9.13. The van der Waals surface area contributed by atoms with E-state index in [1.165, 1.54) is 31.5 Å². The summed E-state index contributed by atoms with van der Waals surface area (Å²) in [4.78, 5) is 12.0. The molecule has 3 nitrogen and oxygen atoms in total. The number of nitrogens with one attached hydrogen (secondary N) is 1. The number of amides is 1. The lowest BCUT2D eigenvalue weighted by Crippen LogP contribution is -2.46. The molecule has 1 aromatic rings. The number of benzene rings is 1. The summed E-state index contributed by atoms with van der Waals surface area (Å²) in [6.07, 6.45) is 3.66. The van der Waals surface area contributed by atoms with Crippen LogP contribution in [0.5, 0.6) is 0 Å². The van der Waals surface area contributed by atoms with Gasteiger partial charge in [-0.15, -0.1) is 0 Å². The van der Waals surface area contributed by atoms with Gasteiger partial charge in [0.2, 0.25) is 0 Å². The fraction of sp³-hybridized carbons (Fsp3) is 0.562. The Kier molecular flexibility index (Phi) is 4.59. The maximum atomic E-state index is 12.0. The van der Waals surface area contributed by atoms with E-state index in [1.54, 1.807) is 0 Å². The average molecular weight is 261 g/mol. The number of hydrogen-bond acceptors (Lipinski definition) is 1. The van der Waals surface area contributed by atoms with Gasteiger partial charge in [0.25, 0.3) is 5.91 Å². The summed E-state index contributed by atoms with van der Waals surface area (Å²) in [6, 6.07) is 7.90. The van der Waals surface area contributed by atoms with Crippen molar-refractivity contribution in [2.24, 2.45) is 0 Å². The van der Waals surface area contributed by atoms with Crippen LogP contribution in [-0.4, -0.2) is 43.6 Å². The number of likely N-dealkylation sites (tertiary alicyclic amines) is 1. The van der Waals surface area contributed by atoms with E-state index in [2.05, 4.69) is 19.3 Å². The van der Waals surface area contributed by atoms with Gasteiger partial charge < -0.3 is 9.80 Å². The smallest absolute Gasteiger partial charge is 0.251 e.